The van der Waals surface area contributed by atoms with E-state index in [1.807, 2.05) is 28.8 Å². The number of nitrogens with zero attached hydrogens (tertiary/aromatic N) is 1. The number of methoxy groups -OCH3 is 1. The van der Waals surface area contributed by atoms with Crippen LogP contribution < -0.4 is 14.9 Å². The number of carboxylic acids is 1. The maximum atomic E-state index is 12.6. The van der Waals surface area contributed by atoms with Crippen molar-refractivity contribution in [2.75, 3.05) is 13.7 Å². The average Bonchev–Trinajstić information content (AvgIpc) is 3.26. The lowest BCUT2D eigenvalue weighted by atomic mass is 9.82. The predicted molar refractivity (Wildman–Crippen MR) is 122 cm³/mol. The first-order valence-corrected chi connectivity index (χ1v) is 10.8. The van der Waals surface area contributed by atoms with E-state index in [2.05, 4.69) is 19.9 Å². The van der Waals surface area contributed by atoms with Gasteiger partial charge in [0.1, 0.15) is 17.1 Å². The van der Waals surface area contributed by atoms with Crippen molar-refractivity contribution < 1.29 is 19.4 Å². The van der Waals surface area contributed by atoms with E-state index in [1.165, 1.54) is 12.3 Å². The molecule has 2 aromatic carbocycles. The molecule has 1 N–H and O–H groups in total. The third kappa shape index (κ3) is 3.09. The lowest BCUT2D eigenvalue weighted by Crippen LogP contribution is -2.28. The van der Waals surface area contributed by atoms with Gasteiger partial charge >= 0.3 is 5.97 Å². The van der Waals surface area contributed by atoms with E-state index in [9.17, 15) is 14.7 Å². The molecule has 1 aromatic heterocycles. The number of benzene rings is 2. The Morgan fingerprint density at radius 1 is 1.25 bits per heavy atom. The highest BCUT2D eigenvalue weighted by Crippen LogP contribution is 2.48. The molecule has 0 spiro atoms. The summed E-state index contributed by atoms with van der Waals surface area (Å²) in [5.41, 5.74) is 5.42. The molecule has 1 atom stereocenters. The van der Waals surface area contributed by atoms with Crippen LogP contribution in [0.1, 0.15) is 41.4 Å². The predicted octanol–water partition coefficient (Wildman–Crippen LogP) is 4.58. The van der Waals surface area contributed by atoms with Gasteiger partial charge in [-0.2, -0.15) is 0 Å². The highest BCUT2D eigenvalue weighted by Gasteiger charge is 2.33. The molecule has 0 saturated heterocycles. The Balaban J connectivity index is 1.79. The zero-order valence-electron chi connectivity index (χ0n) is 18.3. The van der Waals surface area contributed by atoms with E-state index in [4.69, 9.17) is 9.47 Å². The lowest BCUT2D eigenvalue weighted by Gasteiger charge is -2.34. The monoisotopic (exact) mass is 431 g/mol. The molecule has 5 rings (SSSR count). The maximum Gasteiger partial charge on any atom is 0.341 e. The quantitative estimate of drug-likeness (QED) is 0.654. The van der Waals surface area contributed by atoms with Crippen LogP contribution in [0.25, 0.3) is 22.4 Å². The van der Waals surface area contributed by atoms with Crippen LogP contribution in [0.3, 0.4) is 0 Å². The van der Waals surface area contributed by atoms with Gasteiger partial charge in [0, 0.05) is 41.4 Å². The summed E-state index contributed by atoms with van der Waals surface area (Å²) in [6.07, 6.45) is 3.02. The van der Waals surface area contributed by atoms with E-state index < -0.39 is 11.4 Å². The van der Waals surface area contributed by atoms with Gasteiger partial charge in [0.2, 0.25) is 0 Å². The summed E-state index contributed by atoms with van der Waals surface area (Å²) in [6, 6.07) is 11.6. The molecule has 2 aliphatic rings. The Morgan fingerprint density at radius 3 is 2.78 bits per heavy atom. The Kier molecular flexibility index (Phi) is 4.81. The summed E-state index contributed by atoms with van der Waals surface area (Å²) in [6.45, 7) is 4.82. The number of carboxylic acid groups (broad SMARTS) is 1. The molecule has 0 radical (unpaired) electrons. The Morgan fingerprint density at radius 2 is 2.06 bits per heavy atom. The summed E-state index contributed by atoms with van der Waals surface area (Å²) < 4.78 is 13.5. The Labute approximate surface area is 186 Å². The molecule has 2 aliphatic heterocycles. The molecular formula is C26H25NO5. The van der Waals surface area contributed by atoms with Crippen LogP contribution in [0.2, 0.25) is 0 Å². The second-order valence-corrected chi connectivity index (χ2v) is 8.76. The molecule has 3 aromatic rings. The minimum atomic E-state index is -1.19. The third-order valence-electron chi connectivity index (χ3n) is 6.56. The van der Waals surface area contributed by atoms with Crippen LogP contribution in [-0.2, 0) is 12.8 Å². The molecule has 3 heterocycles. The largest absolute Gasteiger partial charge is 0.497 e. The van der Waals surface area contributed by atoms with Gasteiger partial charge in [-0.25, -0.2) is 4.79 Å². The standard InChI is InChI=1S/C26H25NO5/c1-14(2)21-11-16-10-19(15-5-4-6-17(9-15)31-3)25-18(7-8-32-25)24(16)22-12-23(28)20(26(29)30)13-27(21)22/h4-6,9-10,12-14,21H,7-8,11H2,1-3H3,(H,29,30). The summed E-state index contributed by atoms with van der Waals surface area (Å²) in [5, 5.41) is 9.50. The van der Waals surface area contributed by atoms with Gasteiger partial charge in [0.15, 0.2) is 5.43 Å². The van der Waals surface area contributed by atoms with Crippen molar-refractivity contribution in [1.29, 1.82) is 0 Å². The second kappa shape index (κ2) is 7.55. The first-order chi connectivity index (χ1) is 15.4. The van der Waals surface area contributed by atoms with Crippen molar-refractivity contribution in [3.8, 4) is 33.9 Å². The van der Waals surface area contributed by atoms with Crippen molar-refractivity contribution in [3.05, 3.63) is 69.5 Å². The summed E-state index contributed by atoms with van der Waals surface area (Å²) in [4.78, 5) is 24.3. The van der Waals surface area contributed by atoms with Crippen LogP contribution in [0, 0.1) is 5.92 Å². The van der Waals surface area contributed by atoms with Gasteiger partial charge in [0.25, 0.3) is 0 Å². The zero-order chi connectivity index (χ0) is 22.6. The van der Waals surface area contributed by atoms with Crippen molar-refractivity contribution in [2.24, 2.45) is 5.92 Å². The van der Waals surface area contributed by atoms with Crippen molar-refractivity contribution >= 4 is 5.97 Å². The van der Waals surface area contributed by atoms with Crippen molar-refractivity contribution in [3.63, 3.8) is 0 Å². The van der Waals surface area contributed by atoms with Gasteiger partial charge in [0.05, 0.1) is 19.4 Å². The fourth-order valence-electron chi connectivity index (χ4n) is 4.99. The SMILES string of the molecule is COc1cccc(-c2cc3c(c4c2OCC4)-c2cc(=O)c(C(=O)O)cn2C(C(C)C)C3)c1. The summed E-state index contributed by atoms with van der Waals surface area (Å²) in [5.74, 6) is 0.683. The van der Waals surface area contributed by atoms with E-state index in [1.54, 1.807) is 7.11 Å². The molecule has 0 bridgehead atoms. The fraction of sp³-hybridized carbons (Fsp3) is 0.308. The van der Waals surface area contributed by atoms with Gasteiger partial charge < -0.3 is 19.1 Å². The van der Waals surface area contributed by atoms with Gasteiger partial charge in [-0.3, -0.25) is 4.79 Å². The first-order valence-electron chi connectivity index (χ1n) is 10.8. The highest BCUT2D eigenvalue weighted by atomic mass is 16.5. The Hall–Kier alpha value is -3.54. The van der Waals surface area contributed by atoms with Crippen LogP contribution in [0.5, 0.6) is 11.5 Å². The van der Waals surface area contributed by atoms with Crippen molar-refractivity contribution in [2.45, 2.75) is 32.7 Å². The number of aromatic nitrogens is 1. The minimum Gasteiger partial charge on any atom is -0.497 e. The molecule has 0 saturated carbocycles. The smallest absolute Gasteiger partial charge is 0.341 e. The number of carbonyl (C=O) groups is 1. The number of pyridine rings is 1. The van der Waals surface area contributed by atoms with Crippen LogP contribution in [0.15, 0.2) is 47.4 Å². The number of hydrogen-bond donors (Lipinski definition) is 1. The van der Waals surface area contributed by atoms with E-state index in [0.717, 1.165) is 57.9 Å². The normalized spacial score (nSPS) is 16.2. The van der Waals surface area contributed by atoms with Crippen molar-refractivity contribution in [1.82, 2.24) is 4.57 Å². The highest BCUT2D eigenvalue weighted by molar-refractivity contribution is 5.89. The first kappa shape index (κ1) is 20.4. The number of fused-ring (bicyclic) bond motifs is 5. The van der Waals surface area contributed by atoms with E-state index >= 15 is 0 Å². The van der Waals surface area contributed by atoms with Gasteiger partial charge in [-0.15, -0.1) is 0 Å². The molecular weight excluding hydrogens is 406 g/mol. The molecule has 6 nitrogen and oxygen atoms in total. The number of ether oxygens (including phenoxy) is 2. The van der Waals surface area contributed by atoms with Gasteiger partial charge in [-0.1, -0.05) is 26.0 Å². The molecule has 6 heteroatoms. The molecule has 0 fully saturated rings. The zero-order valence-corrected chi connectivity index (χ0v) is 18.3. The second-order valence-electron chi connectivity index (χ2n) is 8.76. The number of hydrogen-bond acceptors (Lipinski definition) is 4. The number of aromatic carboxylic acids is 1. The average molecular weight is 431 g/mol. The minimum absolute atomic E-state index is 0.0507. The molecule has 164 valence electrons. The maximum absolute atomic E-state index is 12.6. The molecule has 0 amide bonds. The lowest BCUT2D eigenvalue weighted by molar-refractivity contribution is 0.0694. The summed E-state index contributed by atoms with van der Waals surface area (Å²) in [7, 11) is 1.65. The topological polar surface area (TPSA) is 77.8 Å². The fourth-order valence-corrected chi connectivity index (χ4v) is 4.99. The Bertz CT molecular complexity index is 1300. The number of rotatable bonds is 4. The molecule has 0 aliphatic carbocycles. The van der Waals surface area contributed by atoms with Crippen LogP contribution >= 0.6 is 0 Å². The van der Waals surface area contributed by atoms with Gasteiger partial charge in [-0.05, 0) is 41.7 Å². The van der Waals surface area contributed by atoms with E-state index in [0.29, 0.717) is 6.61 Å². The third-order valence-corrected chi connectivity index (χ3v) is 6.56. The van der Waals surface area contributed by atoms with Crippen LogP contribution in [0.4, 0.5) is 0 Å². The summed E-state index contributed by atoms with van der Waals surface area (Å²) >= 11 is 0. The van der Waals surface area contributed by atoms with E-state index in [-0.39, 0.29) is 17.5 Å². The molecule has 32 heavy (non-hydrogen) atoms. The van der Waals surface area contributed by atoms with Crippen LogP contribution in [-0.4, -0.2) is 29.4 Å². The molecule has 1 unspecified atom stereocenters.